The van der Waals surface area contributed by atoms with Crippen LogP contribution in [-0.4, -0.2) is 28.8 Å². The van der Waals surface area contributed by atoms with Crippen LogP contribution in [0.25, 0.3) is 0 Å². The van der Waals surface area contributed by atoms with E-state index in [1.54, 1.807) is 4.90 Å². The smallest absolute Gasteiger partial charge is 0.243 e. The van der Waals surface area contributed by atoms with Gasteiger partial charge in [0, 0.05) is 19.0 Å². The highest BCUT2D eigenvalue weighted by Crippen LogP contribution is 2.20. The van der Waals surface area contributed by atoms with Gasteiger partial charge in [-0.2, -0.15) is 0 Å². The number of aryl methyl sites for hydroxylation is 1. The van der Waals surface area contributed by atoms with Crippen molar-refractivity contribution in [2.24, 2.45) is 0 Å². The van der Waals surface area contributed by atoms with Gasteiger partial charge in [-0.1, -0.05) is 57.4 Å². The number of benzene rings is 1. The van der Waals surface area contributed by atoms with E-state index in [-0.39, 0.29) is 17.9 Å². The Hall–Kier alpha value is -1.84. The van der Waals surface area contributed by atoms with Gasteiger partial charge < -0.3 is 10.2 Å². The Morgan fingerprint density at radius 3 is 2.46 bits per heavy atom. The van der Waals surface area contributed by atoms with Crippen molar-refractivity contribution in [2.75, 3.05) is 0 Å². The van der Waals surface area contributed by atoms with Crippen molar-refractivity contribution < 1.29 is 9.59 Å². The second kappa shape index (κ2) is 10.3. The van der Waals surface area contributed by atoms with Gasteiger partial charge in [0.05, 0.1) is 0 Å². The number of hydrogen-bond acceptors (Lipinski definition) is 2. The first-order valence-electron chi connectivity index (χ1n) is 10.2. The lowest BCUT2D eigenvalue weighted by Crippen LogP contribution is -2.51. The lowest BCUT2D eigenvalue weighted by atomic mass is 9.95. The Kier molecular flexibility index (Phi) is 8.14. The summed E-state index contributed by atoms with van der Waals surface area (Å²) in [5, 5.41) is 3.21. The zero-order valence-corrected chi connectivity index (χ0v) is 16.6. The zero-order chi connectivity index (χ0) is 18.9. The quantitative estimate of drug-likeness (QED) is 0.751. The SMILES string of the molecule is CCCC(=O)N(Cc1ccccc1C)[C@H](CC)C(=O)NC1CCCCC1. The molecule has 0 aliphatic heterocycles. The summed E-state index contributed by atoms with van der Waals surface area (Å²) < 4.78 is 0. The summed E-state index contributed by atoms with van der Waals surface area (Å²) in [4.78, 5) is 27.6. The fourth-order valence-electron chi connectivity index (χ4n) is 3.79. The normalized spacial score (nSPS) is 16.1. The van der Waals surface area contributed by atoms with Crippen molar-refractivity contribution in [3.8, 4) is 0 Å². The molecule has 1 saturated carbocycles. The van der Waals surface area contributed by atoms with Crippen molar-refractivity contribution in [3.05, 3.63) is 35.4 Å². The van der Waals surface area contributed by atoms with Gasteiger partial charge in [0.15, 0.2) is 0 Å². The lowest BCUT2D eigenvalue weighted by molar-refractivity contribution is -0.141. The highest BCUT2D eigenvalue weighted by atomic mass is 16.2. The van der Waals surface area contributed by atoms with Crippen LogP contribution in [0.3, 0.4) is 0 Å². The van der Waals surface area contributed by atoms with Gasteiger partial charge in [-0.15, -0.1) is 0 Å². The van der Waals surface area contributed by atoms with Gasteiger partial charge in [0.2, 0.25) is 11.8 Å². The summed E-state index contributed by atoms with van der Waals surface area (Å²) in [6.07, 6.45) is 7.67. The molecule has 1 aromatic carbocycles. The molecule has 0 spiro atoms. The summed E-state index contributed by atoms with van der Waals surface area (Å²) in [6.45, 7) is 6.56. The van der Waals surface area contributed by atoms with E-state index in [9.17, 15) is 9.59 Å². The van der Waals surface area contributed by atoms with E-state index in [0.29, 0.717) is 19.4 Å². The molecular weight excluding hydrogens is 324 g/mol. The highest BCUT2D eigenvalue weighted by Gasteiger charge is 2.30. The number of nitrogens with zero attached hydrogens (tertiary/aromatic N) is 1. The fourth-order valence-corrected chi connectivity index (χ4v) is 3.79. The topological polar surface area (TPSA) is 49.4 Å². The first-order chi connectivity index (χ1) is 12.6. The summed E-state index contributed by atoms with van der Waals surface area (Å²) >= 11 is 0. The summed E-state index contributed by atoms with van der Waals surface area (Å²) in [6, 6.07) is 7.98. The maximum atomic E-state index is 13.0. The number of nitrogens with one attached hydrogen (secondary N) is 1. The molecule has 2 amide bonds. The van der Waals surface area contributed by atoms with E-state index in [1.807, 2.05) is 32.0 Å². The minimum atomic E-state index is -0.393. The third kappa shape index (κ3) is 5.58. The molecule has 0 unspecified atom stereocenters. The average Bonchev–Trinajstić information content (AvgIpc) is 2.64. The standard InChI is InChI=1S/C22H34N2O2/c1-4-11-21(25)24(16-18-13-10-9-12-17(18)3)20(5-2)22(26)23-19-14-7-6-8-15-19/h9-10,12-13,19-20H,4-8,11,14-16H2,1-3H3,(H,23,26)/t20-/m1/s1. The second-order valence-corrected chi connectivity index (χ2v) is 7.47. The number of carbonyl (C=O) groups is 2. The molecular formula is C22H34N2O2. The largest absolute Gasteiger partial charge is 0.352 e. The fraction of sp³-hybridized carbons (Fsp3) is 0.636. The van der Waals surface area contributed by atoms with Crippen LogP contribution in [0.1, 0.15) is 76.3 Å². The lowest BCUT2D eigenvalue weighted by Gasteiger charge is -2.33. The van der Waals surface area contributed by atoms with Crippen LogP contribution in [-0.2, 0) is 16.1 Å². The number of hydrogen-bond donors (Lipinski definition) is 1. The maximum absolute atomic E-state index is 13.0. The van der Waals surface area contributed by atoms with E-state index in [1.165, 1.54) is 19.3 Å². The van der Waals surface area contributed by atoms with Crippen LogP contribution in [0.15, 0.2) is 24.3 Å². The molecule has 1 fully saturated rings. The van der Waals surface area contributed by atoms with E-state index < -0.39 is 6.04 Å². The van der Waals surface area contributed by atoms with Crippen LogP contribution >= 0.6 is 0 Å². The van der Waals surface area contributed by atoms with Crippen LogP contribution in [0, 0.1) is 6.92 Å². The van der Waals surface area contributed by atoms with Gasteiger partial charge in [-0.25, -0.2) is 0 Å². The van der Waals surface area contributed by atoms with Crippen molar-refractivity contribution in [2.45, 2.75) is 90.8 Å². The summed E-state index contributed by atoms with van der Waals surface area (Å²) in [7, 11) is 0. The summed E-state index contributed by atoms with van der Waals surface area (Å²) in [5.74, 6) is 0.0823. The van der Waals surface area contributed by atoms with Crippen molar-refractivity contribution in [1.82, 2.24) is 10.2 Å². The molecule has 0 bridgehead atoms. The van der Waals surface area contributed by atoms with E-state index in [2.05, 4.69) is 18.3 Å². The Balaban J connectivity index is 2.15. The minimum absolute atomic E-state index is 0.0115. The molecule has 1 atom stereocenters. The second-order valence-electron chi connectivity index (χ2n) is 7.47. The van der Waals surface area contributed by atoms with E-state index >= 15 is 0 Å². The molecule has 144 valence electrons. The van der Waals surface area contributed by atoms with Gasteiger partial charge in [-0.05, 0) is 43.7 Å². The van der Waals surface area contributed by atoms with E-state index in [4.69, 9.17) is 0 Å². The molecule has 0 aromatic heterocycles. The molecule has 0 heterocycles. The zero-order valence-electron chi connectivity index (χ0n) is 16.6. The monoisotopic (exact) mass is 358 g/mol. The van der Waals surface area contributed by atoms with Crippen molar-refractivity contribution in [1.29, 1.82) is 0 Å². The Morgan fingerprint density at radius 2 is 1.85 bits per heavy atom. The van der Waals surface area contributed by atoms with Crippen molar-refractivity contribution in [3.63, 3.8) is 0 Å². The molecule has 0 saturated heterocycles. The molecule has 1 aliphatic carbocycles. The molecule has 1 N–H and O–H groups in total. The van der Waals surface area contributed by atoms with Gasteiger partial charge in [-0.3, -0.25) is 9.59 Å². The third-order valence-corrected chi connectivity index (χ3v) is 5.40. The molecule has 2 rings (SSSR count). The van der Waals surface area contributed by atoms with Crippen molar-refractivity contribution >= 4 is 11.8 Å². The van der Waals surface area contributed by atoms with Crippen LogP contribution in [0.2, 0.25) is 0 Å². The molecule has 26 heavy (non-hydrogen) atoms. The Morgan fingerprint density at radius 1 is 1.15 bits per heavy atom. The molecule has 1 aromatic rings. The minimum Gasteiger partial charge on any atom is -0.352 e. The Labute approximate surface area is 158 Å². The number of rotatable bonds is 8. The number of amides is 2. The summed E-state index contributed by atoms with van der Waals surface area (Å²) in [5.41, 5.74) is 2.27. The van der Waals surface area contributed by atoms with Crippen LogP contribution in [0.4, 0.5) is 0 Å². The van der Waals surface area contributed by atoms with Gasteiger partial charge in [0.1, 0.15) is 6.04 Å². The van der Waals surface area contributed by atoms with E-state index in [0.717, 1.165) is 30.4 Å². The third-order valence-electron chi connectivity index (χ3n) is 5.40. The van der Waals surface area contributed by atoms with Gasteiger partial charge in [0.25, 0.3) is 0 Å². The predicted octanol–water partition coefficient (Wildman–Crippen LogP) is 4.35. The molecule has 4 nitrogen and oxygen atoms in total. The highest BCUT2D eigenvalue weighted by molar-refractivity contribution is 5.87. The molecule has 4 heteroatoms. The maximum Gasteiger partial charge on any atom is 0.243 e. The van der Waals surface area contributed by atoms with Crippen LogP contribution < -0.4 is 5.32 Å². The predicted molar refractivity (Wildman–Crippen MR) is 106 cm³/mol. The Bertz CT molecular complexity index is 594. The van der Waals surface area contributed by atoms with Crippen LogP contribution in [0.5, 0.6) is 0 Å². The average molecular weight is 359 g/mol. The first-order valence-corrected chi connectivity index (χ1v) is 10.2. The molecule has 0 radical (unpaired) electrons. The number of carbonyl (C=O) groups excluding carboxylic acids is 2. The first kappa shape index (κ1) is 20.5. The molecule has 1 aliphatic rings. The van der Waals surface area contributed by atoms with Gasteiger partial charge >= 0.3 is 0 Å².